The number of nitrogens with zero attached hydrogens (tertiary/aromatic N) is 2. The van der Waals surface area contributed by atoms with E-state index in [0.29, 0.717) is 23.7 Å². The number of carbonyl (C=O) groups excluding carboxylic acids is 3. The number of hydrogen-bond acceptors (Lipinski definition) is 3. The van der Waals surface area contributed by atoms with Crippen molar-refractivity contribution in [3.63, 3.8) is 0 Å². The summed E-state index contributed by atoms with van der Waals surface area (Å²) in [6.45, 7) is 4.30. The fraction of sp³-hybridized carbons (Fsp3) is 0.400. The van der Waals surface area contributed by atoms with Gasteiger partial charge in [0.15, 0.2) is 0 Å². The molecule has 7 heteroatoms. The molecule has 3 aliphatic rings. The Balaban J connectivity index is 0.00000119. The summed E-state index contributed by atoms with van der Waals surface area (Å²) in [4.78, 5) is 39.6. The van der Waals surface area contributed by atoms with Gasteiger partial charge in [-0.1, -0.05) is 49.7 Å². The maximum Gasteiger partial charge on any atom is 0.328 e. The number of anilines is 2. The number of amides is 4. The number of urea groups is 1. The van der Waals surface area contributed by atoms with Crippen molar-refractivity contribution in [3.8, 4) is 11.1 Å². The van der Waals surface area contributed by atoms with E-state index in [1.54, 1.807) is 6.07 Å². The molecule has 4 amide bonds. The maximum atomic E-state index is 12.5. The minimum atomic E-state index is -0.459. The zero-order valence-corrected chi connectivity index (χ0v) is 19.2. The second-order valence-electron chi connectivity index (χ2n) is 8.25. The summed E-state index contributed by atoms with van der Waals surface area (Å²) in [5.41, 5.74) is 3.24. The van der Waals surface area contributed by atoms with Gasteiger partial charge in [0.05, 0.1) is 10.7 Å². The number of carbonyl (C=O) groups is 3. The lowest BCUT2D eigenvalue weighted by Crippen LogP contribution is -2.51. The highest BCUT2D eigenvalue weighted by atomic mass is 35.5. The van der Waals surface area contributed by atoms with Crippen molar-refractivity contribution < 1.29 is 14.4 Å². The molecule has 2 saturated heterocycles. The Kier molecular flexibility index (Phi) is 6.24. The number of nitrogens with one attached hydrogen (secondary N) is 1. The molecule has 3 fully saturated rings. The third kappa shape index (κ3) is 3.77. The normalized spacial score (nSPS) is 19.4. The van der Waals surface area contributed by atoms with Crippen LogP contribution in [-0.4, -0.2) is 29.9 Å². The van der Waals surface area contributed by atoms with E-state index in [4.69, 9.17) is 11.6 Å². The van der Waals surface area contributed by atoms with E-state index in [9.17, 15) is 14.4 Å². The Hall–Kier alpha value is -2.86. The largest absolute Gasteiger partial charge is 0.328 e. The second-order valence-corrected chi connectivity index (χ2v) is 8.63. The molecule has 1 saturated carbocycles. The standard InChI is InChI=1S/C23H22ClN3O3.C2H6/c24-21-17(3-1-4-18(21)26-14-10-19(28)25-22(26)30)15-5-7-16(8-6-15)27-20(29)9-13-23(27)11-2-12-23;1-2/h1,3-8H,2,9-14H2,(H,25,28,30);1-2H3. The lowest BCUT2D eigenvalue weighted by atomic mass is 9.74. The first-order valence-corrected chi connectivity index (χ1v) is 11.7. The molecule has 1 N–H and O–H groups in total. The van der Waals surface area contributed by atoms with Crippen LogP contribution in [-0.2, 0) is 9.59 Å². The van der Waals surface area contributed by atoms with Gasteiger partial charge in [-0.2, -0.15) is 0 Å². The van der Waals surface area contributed by atoms with Crippen LogP contribution in [0.2, 0.25) is 5.02 Å². The van der Waals surface area contributed by atoms with Gasteiger partial charge in [0.25, 0.3) is 0 Å². The van der Waals surface area contributed by atoms with Crippen LogP contribution < -0.4 is 15.1 Å². The molecule has 0 aromatic heterocycles. The van der Waals surface area contributed by atoms with Crippen LogP contribution in [0, 0.1) is 0 Å². The monoisotopic (exact) mass is 453 g/mol. The van der Waals surface area contributed by atoms with Gasteiger partial charge in [-0.25, -0.2) is 4.79 Å². The summed E-state index contributed by atoms with van der Waals surface area (Å²) in [5.74, 6) is -0.0760. The molecular formula is C25H28ClN3O3. The van der Waals surface area contributed by atoms with Crippen molar-refractivity contribution in [2.45, 2.75) is 57.9 Å². The van der Waals surface area contributed by atoms with Gasteiger partial charge < -0.3 is 4.90 Å². The van der Waals surface area contributed by atoms with Gasteiger partial charge in [0.2, 0.25) is 11.8 Å². The third-order valence-electron chi connectivity index (χ3n) is 6.57. The van der Waals surface area contributed by atoms with Crippen LogP contribution in [0.1, 0.15) is 52.4 Å². The van der Waals surface area contributed by atoms with E-state index in [1.807, 2.05) is 55.1 Å². The molecule has 1 aliphatic carbocycles. The topological polar surface area (TPSA) is 69.7 Å². The quantitative estimate of drug-likeness (QED) is 0.664. The third-order valence-corrected chi connectivity index (χ3v) is 6.97. The minimum absolute atomic E-state index is 0.0230. The van der Waals surface area contributed by atoms with Crippen molar-refractivity contribution in [3.05, 3.63) is 47.5 Å². The molecule has 2 aromatic carbocycles. The smallest absolute Gasteiger partial charge is 0.306 e. The van der Waals surface area contributed by atoms with Gasteiger partial charge in [-0.3, -0.25) is 19.8 Å². The van der Waals surface area contributed by atoms with Gasteiger partial charge >= 0.3 is 6.03 Å². The minimum Gasteiger partial charge on any atom is -0.306 e. The number of benzene rings is 2. The van der Waals surface area contributed by atoms with Crippen molar-refractivity contribution in [2.75, 3.05) is 16.3 Å². The highest BCUT2D eigenvalue weighted by Gasteiger charge is 2.49. The fourth-order valence-electron chi connectivity index (χ4n) is 4.84. The molecule has 6 nitrogen and oxygen atoms in total. The Bertz CT molecular complexity index is 1050. The highest BCUT2D eigenvalue weighted by Crippen LogP contribution is 2.48. The molecule has 1 spiro atoms. The maximum absolute atomic E-state index is 12.5. The summed E-state index contributed by atoms with van der Waals surface area (Å²) >= 11 is 6.67. The summed E-state index contributed by atoms with van der Waals surface area (Å²) in [6, 6.07) is 13.0. The Morgan fingerprint density at radius 1 is 0.938 bits per heavy atom. The van der Waals surface area contributed by atoms with E-state index in [2.05, 4.69) is 5.32 Å². The lowest BCUT2D eigenvalue weighted by molar-refractivity contribution is -0.120. The molecule has 32 heavy (non-hydrogen) atoms. The number of imide groups is 1. The van der Waals surface area contributed by atoms with Gasteiger partial charge in [0.1, 0.15) is 0 Å². The summed E-state index contributed by atoms with van der Waals surface area (Å²) in [6.07, 6.45) is 5.15. The molecular weight excluding hydrogens is 426 g/mol. The first-order chi connectivity index (χ1) is 15.5. The van der Waals surface area contributed by atoms with Crippen molar-refractivity contribution in [2.24, 2.45) is 0 Å². The van der Waals surface area contributed by atoms with E-state index in [1.165, 1.54) is 11.3 Å². The first-order valence-electron chi connectivity index (χ1n) is 11.3. The van der Waals surface area contributed by atoms with E-state index in [-0.39, 0.29) is 23.8 Å². The summed E-state index contributed by atoms with van der Waals surface area (Å²) in [5, 5.41) is 2.79. The average molecular weight is 454 g/mol. The van der Waals surface area contributed by atoms with Crippen molar-refractivity contribution >= 4 is 40.8 Å². The zero-order chi connectivity index (χ0) is 22.9. The van der Waals surface area contributed by atoms with Crippen LogP contribution in [0.25, 0.3) is 11.1 Å². The zero-order valence-electron chi connectivity index (χ0n) is 18.5. The van der Waals surface area contributed by atoms with E-state index >= 15 is 0 Å². The van der Waals surface area contributed by atoms with Crippen LogP contribution >= 0.6 is 11.6 Å². The predicted octanol–water partition coefficient (Wildman–Crippen LogP) is 5.53. The number of halogens is 1. The van der Waals surface area contributed by atoms with Gasteiger partial charge in [0, 0.05) is 36.2 Å². The van der Waals surface area contributed by atoms with Gasteiger partial charge in [-0.15, -0.1) is 0 Å². The first kappa shape index (κ1) is 22.3. The summed E-state index contributed by atoms with van der Waals surface area (Å²) < 4.78 is 0. The van der Waals surface area contributed by atoms with Crippen LogP contribution in [0.4, 0.5) is 16.2 Å². The predicted molar refractivity (Wildman–Crippen MR) is 127 cm³/mol. The molecule has 0 radical (unpaired) electrons. The highest BCUT2D eigenvalue weighted by molar-refractivity contribution is 6.36. The second kappa shape index (κ2) is 8.94. The molecule has 0 unspecified atom stereocenters. The van der Waals surface area contributed by atoms with Crippen molar-refractivity contribution in [1.29, 1.82) is 0 Å². The fourth-order valence-corrected chi connectivity index (χ4v) is 5.18. The van der Waals surface area contributed by atoms with Crippen LogP contribution in [0.15, 0.2) is 42.5 Å². The number of rotatable bonds is 3. The summed E-state index contributed by atoms with van der Waals surface area (Å²) in [7, 11) is 0. The average Bonchev–Trinajstić information content (AvgIpc) is 3.14. The molecule has 2 aliphatic heterocycles. The van der Waals surface area contributed by atoms with Crippen LogP contribution in [0.5, 0.6) is 0 Å². The van der Waals surface area contributed by atoms with Crippen LogP contribution in [0.3, 0.4) is 0 Å². The Labute approximate surface area is 193 Å². The molecule has 168 valence electrons. The van der Waals surface area contributed by atoms with Crippen molar-refractivity contribution in [1.82, 2.24) is 5.32 Å². The molecule has 2 aromatic rings. The Morgan fingerprint density at radius 2 is 1.66 bits per heavy atom. The Morgan fingerprint density at radius 3 is 2.28 bits per heavy atom. The lowest BCUT2D eigenvalue weighted by Gasteiger charge is -2.45. The number of hydrogen-bond donors (Lipinski definition) is 1. The van der Waals surface area contributed by atoms with E-state index < -0.39 is 6.03 Å². The van der Waals surface area contributed by atoms with E-state index in [0.717, 1.165) is 36.1 Å². The van der Waals surface area contributed by atoms with Gasteiger partial charge in [-0.05, 0) is 49.4 Å². The molecule has 5 rings (SSSR count). The molecule has 0 bridgehead atoms. The molecule has 2 heterocycles. The SMILES string of the molecule is CC.O=C1CCN(c2cccc(-c3ccc(N4C(=O)CCC45CCC5)cc3)c2Cl)C(=O)N1. The molecule has 0 atom stereocenters.